The molecule has 29 heavy (non-hydrogen) atoms. The van der Waals surface area contributed by atoms with Crippen LogP contribution < -0.4 is 5.32 Å². The van der Waals surface area contributed by atoms with Crippen molar-refractivity contribution < 1.29 is 9.59 Å². The fraction of sp³-hybridized carbons (Fsp3) is 0.680. The van der Waals surface area contributed by atoms with Gasteiger partial charge in [-0.3, -0.25) is 9.59 Å². The number of carbonyl (C=O) groups is 2. The van der Waals surface area contributed by atoms with Gasteiger partial charge in [-0.25, -0.2) is 0 Å². The standard InChI is InChI=1S/C25H40N2O2/c1-7-9-13-19(8-2)18-26-22(28)21-16-24(3,4)27(25(5,6)17-21)23(29)20-14-11-10-12-15-20/h10-12,14-15,19,21H,7-9,13,16-18H2,1-6H3,(H,26,28). The number of nitrogens with one attached hydrogen (secondary N) is 1. The Bertz CT molecular complexity index is 663. The number of likely N-dealkylation sites (tertiary alicyclic amines) is 1. The zero-order valence-corrected chi connectivity index (χ0v) is 19.3. The largest absolute Gasteiger partial charge is 0.356 e. The smallest absolute Gasteiger partial charge is 0.254 e. The maximum absolute atomic E-state index is 13.3. The molecule has 4 heteroatoms. The van der Waals surface area contributed by atoms with E-state index in [1.165, 1.54) is 19.3 Å². The van der Waals surface area contributed by atoms with Crippen LogP contribution in [0.1, 0.15) is 90.4 Å². The topological polar surface area (TPSA) is 49.4 Å². The van der Waals surface area contributed by atoms with Gasteiger partial charge in [0.25, 0.3) is 5.91 Å². The Morgan fingerprint density at radius 3 is 2.17 bits per heavy atom. The van der Waals surface area contributed by atoms with Crippen LogP contribution in [0.15, 0.2) is 30.3 Å². The van der Waals surface area contributed by atoms with Gasteiger partial charge in [0.15, 0.2) is 0 Å². The molecule has 1 atom stereocenters. The lowest BCUT2D eigenvalue weighted by atomic mass is 9.73. The molecule has 0 aromatic heterocycles. The summed E-state index contributed by atoms with van der Waals surface area (Å²) in [6.07, 6.45) is 6.06. The summed E-state index contributed by atoms with van der Waals surface area (Å²) in [7, 11) is 0. The van der Waals surface area contributed by atoms with Crippen molar-refractivity contribution >= 4 is 11.8 Å². The second-order valence-corrected chi connectivity index (χ2v) is 9.90. The van der Waals surface area contributed by atoms with E-state index in [0.717, 1.165) is 13.0 Å². The minimum absolute atomic E-state index is 0.0464. The second kappa shape index (κ2) is 9.77. The zero-order chi connectivity index (χ0) is 21.7. The molecule has 1 unspecified atom stereocenters. The highest BCUT2D eigenvalue weighted by Gasteiger charge is 2.49. The van der Waals surface area contributed by atoms with Crippen LogP contribution in [0.2, 0.25) is 0 Å². The molecule has 0 radical (unpaired) electrons. The second-order valence-electron chi connectivity index (χ2n) is 9.90. The molecular formula is C25H40N2O2. The lowest BCUT2D eigenvalue weighted by Crippen LogP contribution is -2.64. The van der Waals surface area contributed by atoms with Gasteiger partial charge in [-0.2, -0.15) is 0 Å². The third-order valence-corrected chi connectivity index (χ3v) is 6.41. The first-order valence-electron chi connectivity index (χ1n) is 11.3. The van der Waals surface area contributed by atoms with Crippen molar-refractivity contribution in [2.45, 2.75) is 91.1 Å². The number of hydrogen-bond donors (Lipinski definition) is 1. The molecule has 0 bridgehead atoms. The van der Waals surface area contributed by atoms with Gasteiger partial charge in [0.1, 0.15) is 0 Å². The number of piperidine rings is 1. The number of rotatable bonds is 8. The number of unbranched alkanes of at least 4 members (excludes halogenated alkanes) is 1. The van der Waals surface area contributed by atoms with Crippen molar-refractivity contribution in [3.05, 3.63) is 35.9 Å². The van der Waals surface area contributed by atoms with Gasteiger partial charge in [-0.1, -0.05) is 51.3 Å². The van der Waals surface area contributed by atoms with Crippen molar-refractivity contribution in [2.75, 3.05) is 6.54 Å². The van der Waals surface area contributed by atoms with Crippen LogP contribution in [0.4, 0.5) is 0 Å². The Balaban J connectivity index is 2.09. The minimum Gasteiger partial charge on any atom is -0.356 e. The summed E-state index contributed by atoms with van der Waals surface area (Å²) in [5.41, 5.74) is -0.0650. The molecule has 162 valence electrons. The molecule has 1 fully saturated rings. The number of hydrogen-bond acceptors (Lipinski definition) is 2. The first-order valence-corrected chi connectivity index (χ1v) is 11.3. The van der Waals surface area contributed by atoms with Crippen molar-refractivity contribution in [2.24, 2.45) is 11.8 Å². The van der Waals surface area contributed by atoms with Gasteiger partial charge >= 0.3 is 0 Å². The minimum atomic E-state index is -0.386. The molecule has 1 aromatic rings. The molecule has 1 aromatic carbocycles. The van der Waals surface area contributed by atoms with E-state index in [4.69, 9.17) is 0 Å². The molecule has 1 N–H and O–H groups in total. The van der Waals surface area contributed by atoms with E-state index in [9.17, 15) is 9.59 Å². The van der Waals surface area contributed by atoms with E-state index < -0.39 is 0 Å². The van der Waals surface area contributed by atoms with Crippen LogP contribution in [0.25, 0.3) is 0 Å². The first kappa shape index (κ1) is 23.4. The summed E-state index contributed by atoms with van der Waals surface area (Å²) in [6.45, 7) is 13.5. The summed E-state index contributed by atoms with van der Waals surface area (Å²) in [4.78, 5) is 28.3. The molecule has 4 nitrogen and oxygen atoms in total. The lowest BCUT2D eigenvalue weighted by Gasteiger charge is -2.55. The molecule has 0 spiro atoms. The maximum atomic E-state index is 13.3. The highest BCUT2D eigenvalue weighted by Crippen LogP contribution is 2.42. The number of carbonyl (C=O) groups excluding carboxylic acids is 2. The van der Waals surface area contributed by atoms with Crippen molar-refractivity contribution in [1.82, 2.24) is 10.2 Å². The van der Waals surface area contributed by atoms with Crippen LogP contribution in [0.3, 0.4) is 0 Å². The van der Waals surface area contributed by atoms with Crippen molar-refractivity contribution in [3.8, 4) is 0 Å². The fourth-order valence-electron chi connectivity index (χ4n) is 5.06. The molecule has 1 aliphatic heterocycles. The third kappa shape index (κ3) is 5.83. The molecule has 0 aliphatic carbocycles. The summed E-state index contributed by atoms with van der Waals surface area (Å²) in [6, 6.07) is 9.46. The van der Waals surface area contributed by atoms with Gasteiger partial charge in [0.2, 0.25) is 5.91 Å². The highest BCUT2D eigenvalue weighted by molar-refractivity contribution is 5.95. The normalized spacial score (nSPS) is 19.6. The Labute approximate surface area is 177 Å². The van der Waals surface area contributed by atoms with Crippen molar-refractivity contribution in [3.63, 3.8) is 0 Å². The predicted octanol–water partition coefficient (Wildman–Crippen LogP) is 5.43. The first-order chi connectivity index (χ1) is 13.6. The van der Waals surface area contributed by atoms with Crippen molar-refractivity contribution in [1.29, 1.82) is 0 Å². The van der Waals surface area contributed by atoms with Gasteiger partial charge < -0.3 is 10.2 Å². The van der Waals surface area contributed by atoms with Gasteiger partial charge in [-0.05, 0) is 65.0 Å². The molecule has 2 rings (SSSR count). The average Bonchev–Trinajstić information content (AvgIpc) is 2.66. The van der Waals surface area contributed by atoms with Gasteiger partial charge in [0, 0.05) is 29.1 Å². The fourth-order valence-corrected chi connectivity index (χ4v) is 5.06. The third-order valence-electron chi connectivity index (χ3n) is 6.41. The highest BCUT2D eigenvalue weighted by atomic mass is 16.2. The monoisotopic (exact) mass is 400 g/mol. The van der Waals surface area contributed by atoms with E-state index >= 15 is 0 Å². The Kier molecular flexibility index (Phi) is 7.90. The van der Waals surface area contributed by atoms with E-state index in [2.05, 4.69) is 46.9 Å². The summed E-state index contributed by atoms with van der Waals surface area (Å²) >= 11 is 0. The average molecular weight is 401 g/mol. The van der Waals surface area contributed by atoms with E-state index in [1.54, 1.807) is 0 Å². The Morgan fingerprint density at radius 1 is 1.07 bits per heavy atom. The van der Waals surface area contributed by atoms with E-state index in [-0.39, 0.29) is 28.8 Å². The van der Waals surface area contributed by atoms with Crippen LogP contribution in [0.5, 0.6) is 0 Å². The SMILES string of the molecule is CCCCC(CC)CNC(=O)C1CC(C)(C)N(C(=O)c2ccccc2)C(C)(C)C1. The molecule has 1 heterocycles. The number of benzene rings is 1. The Morgan fingerprint density at radius 2 is 1.66 bits per heavy atom. The van der Waals surface area contributed by atoms with Crippen LogP contribution in [0, 0.1) is 11.8 Å². The van der Waals surface area contributed by atoms with Crippen LogP contribution in [-0.4, -0.2) is 34.3 Å². The zero-order valence-electron chi connectivity index (χ0n) is 19.3. The number of nitrogens with zero attached hydrogens (tertiary/aromatic N) is 1. The summed E-state index contributed by atoms with van der Waals surface area (Å²) in [5, 5.41) is 3.22. The van der Waals surface area contributed by atoms with E-state index in [1.807, 2.05) is 35.2 Å². The van der Waals surface area contributed by atoms with Crippen LogP contribution in [-0.2, 0) is 4.79 Å². The van der Waals surface area contributed by atoms with Crippen LogP contribution >= 0.6 is 0 Å². The molecule has 2 amide bonds. The predicted molar refractivity (Wildman–Crippen MR) is 120 cm³/mol. The molecule has 1 saturated heterocycles. The van der Waals surface area contributed by atoms with Gasteiger partial charge in [0.05, 0.1) is 0 Å². The summed E-state index contributed by atoms with van der Waals surface area (Å²) in [5.74, 6) is 0.682. The molecular weight excluding hydrogens is 360 g/mol. The van der Waals surface area contributed by atoms with E-state index in [0.29, 0.717) is 24.3 Å². The number of amides is 2. The molecule has 1 aliphatic rings. The molecule has 0 saturated carbocycles. The quantitative estimate of drug-likeness (QED) is 0.632. The Hall–Kier alpha value is -1.84. The van der Waals surface area contributed by atoms with Gasteiger partial charge in [-0.15, -0.1) is 0 Å². The lowest BCUT2D eigenvalue weighted by molar-refractivity contribution is -0.131. The maximum Gasteiger partial charge on any atom is 0.254 e. The summed E-state index contributed by atoms with van der Waals surface area (Å²) < 4.78 is 0.